The number of hydrogen-bond acceptors (Lipinski definition) is 4. The molecule has 9 aromatic carbocycles. The minimum atomic E-state index is -0.601. The van der Waals surface area contributed by atoms with Crippen LogP contribution in [-0.4, -0.2) is 19.5 Å². The van der Waals surface area contributed by atoms with Crippen LogP contribution in [0.1, 0.15) is 22.3 Å². The zero-order valence-corrected chi connectivity index (χ0v) is 34.0. The summed E-state index contributed by atoms with van der Waals surface area (Å²) in [7, 11) is 0. The van der Waals surface area contributed by atoms with Gasteiger partial charge in [0.2, 0.25) is 0 Å². The van der Waals surface area contributed by atoms with E-state index in [1.807, 2.05) is 24.3 Å². The van der Waals surface area contributed by atoms with Crippen LogP contribution < -0.4 is 4.74 Å². The fourth-order valence-electron chi connectivity index (χ4n) is 10.3. The molecule has 5 nitrogen and oxygen atoms in total. The Balaban J connectivity index is 1.11. The van der Waals surface area contributed by atoms with Crippen LogP contribution >= 0.6 is 0 Å². The summed E-state index contributed by atoms with van der Waals surface area (Å²) in [5.41, 5.74) is 15.0. The van der Waals surface area contributed by atoms with Gasteiger partial charge in [-0.3, -0.25) is 0 Å². The van der Waals surface area contributed by atoms with Gasteiger partial charge in [0.1, 0.15) is 11.5 Å². The number of benzene rings is 9. The van der Waals surface area contributed by atoms with Crippen molar-refractivity contribution < 1.29 is 4.74 Å². The lowest BCUT2D eigenvalue weighted by atomic mass is 9.66. The van der Waals surface area contributed by atoms with Gasteiger partial charge in [-0.05, 0) is 58.1 Å². The summed E-state index contributed by atoms with van der Waals surface area (Å²) >= 11 is 0. The number of hydrogen-bond donors (Lipinski definition) is 0. The van der Waals surface area contributed by atoms with Crippen LogP contribution in [0.3, 0.4) is 0 Å². The Morgan fingerprint density at radius 1 is 0.365 bits per heavy atom. The molecule has 2 aromatic heterocycles. The zero-order chi connectivity index (χ0) is 41.5. The predicted octanol–water partition coefficient (Wildman–Crippen LogP) is 14.1. The molecular formula is C58H36N4O. The van der Waals surface area contributed by atoms with Crippen molar-refractivity contribution >= 4 is 21.8 Å². The summed E-state index contributed by atoms with van der Waals surface area (Å²) in [6.07, 6.45) is 0. The number of fused-ring (bicyclic) bond motifs is 13. The third-order valence-corrected chi connectivity index (χ3v) is 12.9. The minimum absolute atomic E-state index is 0.601. The van der Waals surface area contributed by atoms with Crippen molar-refractivity contribution in [3.8, 4) is 73.6 Å². The van der Waals surface area contributed by atoms with Gasteiger partial charge in [0, 0.05) is 49.8 Å². The van der Waals surface area contributed by atoms with Gasteiger partial charge >= 0.3 is 0 Å². The van der Waals surface area contributed by atoms with Crippen LogP contribution in [0.25, 0.3) is 83.9 Å². The summed E-state index contributed by atoms with van der Waals surface area (Å²) in [4.78, 5) is 15.7. The molecule has 0 N–H and O–H groups in total. The molecule has 11 aromatic rings. The number of rotatable bonds is 5. The predicted molar refractivity (Wildman–Crippen MR) is 253 cm³/mol. The van der Waals surface area contributed by atoms with Crippen molar-refractivity contribution in [2.24, 2.45) is 0 Å². The van der Waals surface area contributed by atoms with E-state index in [0.717, 1.165) is 77.9 Å². The molecule has 3 heterocycles. The third kappa shape index (κ3) is 5.20. The Hall–Kier alpha value is -8.41. The Morgan fingerprint density at radius 3 is 1.56 bits per heavy atom. The quantitative estimate of drug-likeness (QED) is 0.174. The highest BCUT2D eigenvalue weighted by molar-refractivity contribution is 6.20. The molecular weight excluding hydrogens is 769 g/mol. The average molecular weight is 805 g/mol. The fourth-order valence-corrected chi connectivity index (χ4v) is 10.3. The summed E-state index contributed by atoms with van der Waals surface area (Å²) < 4.78 is 9.12. The number of ether oxygens (including phenoxy) is 1. The van der Waals surface area contributed by atoms with Crippen LogP contribution in [-0.2, 0) is 5.41 Å². The summed E-state index contributed by atoms with van der Waals surface area (Å²) in [6, 6.07) is 77.1. The number of para-hydroxylation sites is 3. The van der Waals surface area contributed by atoms with Crippen molar-refractivity contribution in [1.29, 1.82) is 0 Å². The van der Waals surface area contributed by atoms with Crippen molar-refractivity contribution in [2.75, 3.05) is 0 Å². The van der Waals surface area contributed by atoms with Gasteiger partial charge in [-0.1, -0.05) is 188 Å². The Bertz CT molecular complexity index is 3530. The minimum Gasteiger partial charge on any atom is -0.457 e. The highest BCUT2D eigenvalue weighted by atomic mass is 16.5. The maximum Gasteiger partial charge on any atom is 0.164 e. The van der Waals surface area contributed by atoms with E-state index < -0.39 is 5.41 Å². The first-order chi connectivity index (χ1) is 31.3. The monoisotopic (exact) mass is 804 g/mol. The molecule has 1 spiro atoms. The first-order valence-electron chi connectivity index (χ1n) is 21.4. The second-order valence-corrected chi connectivity index (χ2v) is 16.3. The van der Waals surface area contributed by atoms with Crippen LogP contribution in [0.4, 0.5) is 0 Å². The highest BCUT2D eigenvalue weighted by Gasteiger charge is 2.51. The van der Waals surface area contributed by atoms with Gasteiger partial charge in [0.15, 0.2) is 17.5 Å². The third-order valence-electron chi connectivity index (χ3n) is 12.9. The van der Waals surface area contributed by atoms with E-state index in [0.29, 0.717) is 17.5 Å². The van der Waals surface area contributed by atoms with Gasteiger partial charge in [0.25, 0.3) is 0 Å². The summed E-state index contributed by atoms with van der Waals surface area (Å²) in [6.45, 7) is 0. The molecule has 0 unspecified atom stereocenters. The topological polar surface area (TPSA) is 52.8 Å². The molecule has 1 aliphatic heterocycles. The lowest BCUT2D eigenvalue weighted by Gasteiger charge is -2.39. The zero-order valence-electron chi connectivity index (χ0n) is 34.0. The highest BCUT2D eigenvalue weighted by Crippen LogP contribution is 2.63. The number of aromatic nitrogens is 4. The molecule has 0 bridgehead atoms. The van der Waals surface area contributed by atoms with E-state index >= 15 is 0 Å². The Labute approximate surface area is 364 Å². The first kappa shape index (κ1) is 35.4. The van der Waals surface area contributed by atoms with Crippen molar-refractivity contribution in [3.63, 3.8) is 0 Å². The lowest BCUT2D eigenvalue weighted by Crippen LogP contribution is -2.32. The molecule has 63 heavy (non-hydrogen) atoms. The van der Waals surface area contributed by atoms with E-state index in [-0.39, 0.29) is 0 Å². The SMILES string of the molecule is c1ccc(-c2ccc(-c3nc(-c4ccccc4)nc(-c4cccc5c4c4ccc6c(c4n5-c4ccccc4)-c4ccccc4C64c5ccccc5Oc5ccccc54)n3)cc2)cc1. The summed E-state index contributed by atoms with van der Waals surface area (Å²) in [5.74, 6) is 3.61. The van der Waals surface area contributed by atoms with E-state index in [9.17, 15) is 0 Å². The van der Waals surface area contributed by atoms with Gasteiger partial charge in [0.05, 0.1) is 16.4 Å². The molecule has 0 atom stereocenters. The molecule has 0 saturated carbocycles. The first-order valence-corrected chi connectivity index (χ1v) is 21.4. The van der Waals surface area contributed by atoms with Crippen molar-refractivity contribution in [2.45, 2.75) is 5.41 Å². The maximum atomic E-state index is 6.67. The van der Waals surface area contributed by atoms with Crippen molar-refractivity contribution in [1.82, 2.24) is 19.5 Å². The standard InChI is InChI=1S/C58H36N4O/c1-4-17-37(18-5-1)38-31-33-40(34-32-38)56-59-55(39-19-6-2-7-20-39)60-57(61-56)44-24-16-28-49-52(44)43-35-36-48-53(54(43)62(49)41-21-8-3-9-22-41)42-23-10-11-25-45(42)58(48)46-26-12-14-29-50(46)63-51-30-15-13-27-47(51)58/h1-36H. The molecule has 0 radical (unpaired) electrons. The normalized spacial score (nSPS) is 13.0. The van der Waals surface area contributed by atoms with Crippen LogP contribution in [0.5, 0.6) is 11.5 Å². The van der Waals surface area contributed by atoms with Gasteiger partial charge < -0.3 is 9.30 Å². The van der Waals surface area contributed by atoms with E-state index in [2.05, 4.69) is 199 Å². The van der Waals surface area contributed by atoms with Crippen LogP contribution in [0, 0.1) is 0 Å². The molecule has 2 aliphatic rings. The van der Waals surface area contributed by atoms with Gasteiger partial charge in [-0.25, -0.2) is 15.0 Å². The van der Waals surface area contributed by atoms with Crippen molar-refractivity contribution in [3.05, 3.63) is 241 Å². The fraction of sp³-hybridized carbons (Fsp3) is 0.0172. The summed E-state index contributed by atoms with van der Waals surface area (Å²) in [5, 5.41) is 2.21. The smallest absolute Gasteiger partial charge is 0.164 e. The molecule has 0 amide bonds. The van der Waals surface area contributed by atoms with E-state index in [1.54, 1.807) is 0 Å². The average Bonchev–Trinajstić information content (AvgIpc) is 3.86. The molecule has 0 saturated heterocycles. The van der Waals surface area contributed by atoms with Crippen LogP contribution in [0.2, 0.25) is 0 Å². The molecule has 1 aliphatic carbocycles. The second kappa shape index (κ2) is 13.8. The van der Waals surface area contributed by atoms with Crippen LogP contribution in [0.15, 0.2) is 218 Å². The van der Waals surface area contributed by atoms with Gasteiger partial charge in [-0.2, -0.15) is 0 Å². The Kier molecular flexibility index (Phi) is 7.75. The largest absolute Gasteiger partial charge is 0.457 e. The lowest BCUT2D eigenvalue weighted by molar-refractivity contribution is 0.436. The van der Waals surface area contributed by atoms with E-state index in [1.165, 1.54) is 22.3 Å². The molecule has 5 heteroatoms. The van der Waals surface area contributed by atoms with Gasteiger partial charge in [-0.15, -0.1) is 0 Å². The second-order valence-electron chi connectivity index (χ2n) is 16.3. The molecule has 13 rings (SSSR count). The number of nitrogens with zero attached hydrogens (tertiary/aromatic N) is 4. The van der Waals surface area contributed by atoms with E-state index in [4.69, 9.17) is 19.7 Å². The molecule has 0 fully saturated rings. The maximum absolute atomic E-state index is 6.67. The Morgan fingerprint density at radius 2 is 0.873 bits per heavy atom. The molecule has 294 valence electrons.